The molecule has 2 amide bonds. The molecule has 1 saturated heterocycles. The standard InChI is InChI=1S/C23H21Br3N2O3S2/c1-31-16-8-6-14(7-9-16)11-19-22(30)28(23(32)33-19)10-4-2-3-5-20(29)27-21-17(25)12-15(24)13-18(21)26/h6-9,11-13H,2-5,10H2,1H3,(H,27,29). The summed E-state index contributed by atoms with van der Waals surface area (Å²) in [6.07, 6.45) is 4.59. The number of benzene rings is 2. The number of nitrogens with one attached hydrogen (secondary N) is 1. The molecule has 0 bridgehead atoms. The molecule has 0 radical (unpaired) electrons. The van der Waals surface area contributed by atoms with Crippen molar-refractivity contribution in [3.63, 3.8) is 0 Å². The van der Waals surface area contributed by atoms with E-state index in [0.29, 0.717) is 27.9 Å². The van der Waals surface area contributed by atoms with Gasteiger partial charge in [-0.2, -0.15) is 0 Å². The second-order valence-corrected chi connectivity index (χ2v) is 11.5. The van der Waals surface area contributed by atoms with Crippen molar-refractivity contribution in [1.82, 2.24) is 4.90 Å². The van der Waals surface area contributed by atoms with E-state index in [4.69, 9.17) is 17.0 Å². The number of anilines is 1. The summed E-state index contributed by atoms with van der Waals surface area (Å²) in [6.45, 7) is 0.552. The molecular weight excluding hydrogens is 656 g/mol. The highest BCUT2D eigenvalue weighted by Crippen LogP contribution is 2.35. The van der Waals surface area contributed by atoms with Crippen LogP contribution < -0.4 is 10.1 Å². The van der Waals surface area contributed by atoms with Crippen molar-refractivity contribution in [2.75, 3.05) is 19.0 Å². The van der Waals surface area contributed by atoms with Crippen molar-refractivity contribution in [3.05, 3.63) is 60.3 Å². The number of hydrogen-bond donors (Lipinski definition) is 1. The van der Waals surface area contributed by atoms with E-state index in [1.54, 1.807) is 12.0 Å². The predicted molar refractivity (Wildman–Crippen MR) is 150 cm³/mol. The molecule has 5 nitrogen and oxygen atoms in total. The third-order valence-corrected chi connectivity index (χ3v) is 7.93. The van der Waals surface area contributed by atoms with E-state index in [1.807, 2.05) is 42.5 Å². The van der Waals surface area contributed by atoms with E-state index >= 15 is 0 Å². The van der Waals surface area contributed by atoms with Crippen LogP contribution in [0.1, 0.15) is 31.2 Å². The van der Waals surface area contributed by atoms with Gasteiger partial charge in [0.05, 0.1) is 17.7 Å². The number of carbonyl (C=O) groups is 2. The maximum absolute atomic E-state index is 12.8. The van der Waals surface area contributed by atoms with Gasteiger partial charge in [0.1, 0.15) is 10.1 Å². The number of amides is 2. The Labute approximate surface area is 228 Å². The highest BCUT2D eigenvalue weighted by atomic mass is 79.9. The summed E-state index contributed by atoms with van der Waals surface area (Å²) in [4.78, 5) is 27.3. The van der Waals surface area contributed by atoms with Crippen LogP contribution in [0.5, 0.6) is 5.75 Å². The Morgan fingerprint density at radius 3 is 2.42 bits per heavy atom. The zero-order valence-corrected chi connectivity index (χ0v) is 24.1. The van der Waals surface area contributed by atoms with Gasteiger partial charge in [0.15, 0.2) is 0 Å². The van der Waals surface area contributed by atoms with Gasteiger partial charge in [-0.25, -0.2) is 0 Å². The lowest BCUT2D eigenvalue weighted by Crippen LogP contribution is -2.29. The zero-order chi connectivity index (χ0) is 24.0. The predicted octanol–water partition coefficient (Wildman–Crippen LogP) is 7.38. The smallest absolute Gasteiger partial charge is 0.266 e. The van der Waals surface area contributed by atoms with Crippen LogP contribution in [0.2, 0.25) is 0 Å². The van der Waals surface area contributed by atoms with Crippen molar-refractivity contribution in [2.45, 2.75) is 25.7 Å². The number of thiocarbonyl (C=S) groups is 1. The van der Waals surface area contributed by atoms with E-state index in [0.717, 1.165) is 44.0 Å². The first-order valence-electron chi connectivity index (χ1n) is 10.1. The van der Waals surface area contributed by atoms with Gasteiger partial charge >= 0.3 is 0 Å². The van der Waals surface area contributed by atoms with Crippen LogP contribution in [0, 0.1) is 0 Å². The maximum Gasteiger partial charge on any atom is 0.266 e. The molecular formula is C23H21Br3N2O3S2. The highest BCUT2D eigenvalue weighted by Gasteiger charge is 2.31. The topological polar surface area (TPSA) is 58.6 Å². The Morgan fingerprint density at radius 1 is 1.12 bits per heavy atom. The molecule has 3 rings (SSSR count). The van der Waals surface area contributed by atoms with Gasteiger partial charge in [-0.15, -0.1) is 0 Å². The summed E-state index contributed by atoms with van der Waals surface area (Å²) in [7, 11) is 1.62. The highest BCUT2D eigenvalue weighted by molar-refractivity contribution is 9.11. The largest absolute Gasteiger partial charge is 0.497 e. The lowest BCUT2D eigenvalue weighted by atomic mass is 10.1. The Morgan fingerprint density at radius 2 is 1.79 bits per heavy atom. The Bertz CT molecular complexity index is 1070. The summed E-state index contributed by atoms with van der Waals surface area (Å²) in [5.74, 6) is 0.653. The normalized spacial score (nSPS) is 14.8. The van der Waals surface area contributed by atoms with Gasteiger partial charge in [-0.05, 0) is 80.6 Å². The molecule has 1 N–H and O–H groups in total. The van der Waals surface area contributed by atoms with Crippen molar-refractivity contribution < 1.29 is 14.3 Å². The van der Waals surface area contributed by atoms with Gasteiger partial charge in [-0.1, -0.05) is 58.5 Å². The van der Waals surface area contributed by atoms with Gasteiger partial charge in [-0.3, -0.25) is 14.5 Å². The number of carbonyl (C=O) groups excluding carboxylic acids is 2. The van der Waals surface area contributed by atoms with Crippen LogP contribution in [0.3, 0.4) is 0 Å². The molecule has 0 aromatic heterocycles. The van der Waals surface area contributed by atoms with Crippen molar-refractivity contribution >= 4 is 99.7 Å². The lowest BCUT2D eigenvalue weighted by Gasteiger charge is -2.14. The van der Waals surface area contributed by atoms with Crippen LogP contribution in [0.15, 0.2) is 54.7 Å². The van der Waals surface area contributed by atoms with E-state index in [2.05, 4.69) is 53.1 Å². The minimum absolute atomic E-state index is 0.0493. The first kappa shape index (κ1) is 26.4. The third-order valence-electron chi connectivity index (χ3n) is 4.84. The number of nitrogens with zero attached hydrogens (tertiary/aromatic N) is 1. The average molecular weight is 677 g/mol. The molecule has 33 heavy (non-hydrogen) atoms. The van der Waals surface area contributed by atoms with Crippen molar-refractivity contribution in [2.24, 2.45) is 0 Å². The Hall–Kier alpha value is -1.20. The minimum Gasteiger partial charge on any atom is -0.497 e. The van der Waals surface area contributed by atoms with Gasteiger partial charge < -0.3 is 10.1 Å². The Balaban J connectivity index is 1.44. The molecule has 1 aliphatic rings. The van der Waals surface area contributed by atoms with Crippen LogP contribution in [-0.2, 0) is 9.59 Å². The summed E-state index contributed by atoms with van der Waals surface area (Å²) in [6, 6.07) is 11.3. The minimum atomic E-state index is -0.0662. The number of unbranched alkanes of at least 4 members (excludes halogenated alkanes) is 2. The third kappa shape index (κ3) is 7.39. The second-order valence-electron chi connectivity index (χ2n) is 7.21. The number of thioether (sulfide) groups is 1. The molecule has 10 heteroatoms. The zero-order valence-electron chi connectivity index (χ0n) is 17.7. The maximum atomic E-state index is 12.8. The quantitative estimate of drug-likeness (QED) is 0.171. The molecule has 1 heterocycles. The lowest BCUT2D eigenvalue weighted by molar-refractivity contribution is -0.122. The molecule has 1 aliphatic heterocycles. The number of hydrogen-bond acceptors (Lipinski definition) is 5. The summed E-state index contributed by atoms with van der Waals surface area (Å²) in [5.41, 5.74) is 1.63. The molecule has 2 aromatic carbocycles. The second kappa shape index (κ2) is 12.5. The van der Waals surface area contributed by atoms with Gasteiger partial charge in [0, 0.05) is 26.4 Å². The fraction of sp³-hybridized carbons (Fsp3) is 0.261. The molecule has 2 aromatic rings. The summed E-state index contributed by atoms with van der Waals surface area (Å²) >= 11 is 17.1. The number of methoxy groups -OCH3 is 1. The van der Waals surface area contributed by atoms with E-state index in [-0.39, 0.29) is 11.8 Å². The monoisotopic (exact) mass is 674 g/mol. The average Bonchev–Trinajstić information content (AvgIpc) is 3.03. The van der Waals surface area contributed by atoms with Crippen molar-refractivity contribution in [3.8, 4) is 5.75 Å². The van der Waals surface area contributed by atoms with Crippen LogP contribution in [-0.4, -0.2) is 34.7 Å². The van der Waals surface area contributed by atoms with Crippen LogP contribution >= 0.6 is 71.8 Å². The molecule has 0 atom stereocenters. The van der Waals surface area contributed by atoms with E-state index in [1.165, 1.54) is 11.8 Å². The first-order valence-corrected chi connectivity index (χ1v) is 13.7. The molecule has 0 saturated carbocycles. The first-order chi connectivity index (χ1) is 15.8. The molecule has 0 aliphatic carbocycles. The molecule has 1 fully saturated rings. The number of ether oxygens (including phenoxy) is 1. The summed E-state index contributed by atoms with van der Waals surface area (Å²) < 4.78 is 8.25. The summed E-state index contributed by atoms with van der Waals surface area (Å²) in [5, 5.41) is 2.93. The van der Waals surface area contributed by atoms with Crippen LogP contribution in [0.25, 0.3) is 6.08 Å². The molecule has 0 spiro atoms. The van der Waals surface area contributed by atoms with Gasteiger partial charge in [0.25, 0.3) is 5.91 Å². The van der Waals surface area contributed by atoms with E-state index in [9.17, 15) is 9.59 Å². The van der Waals surface area contributed by atoms with E-state index < -0.39 is 0 Å². The fourth-order valence-electron chi connectivity index (χ4n) is 3.14. The number of halogens is 3. The molecule has 174 valence electrons. The van der Waals surface area contributed by atoms with Gasteiger partial charge in [0.2, 0.25) is 5.91 Å². The number of rotatable bonds is 9. The van der Waals surface area contributed by atoms with Crippen molar-refractivity contribution in [1.29, 1.82) is 0 Å². The van der Waals surface area contributed by atoms with Crippen LogP contribution in [0.4, 0.5) is 5.69 Å². The fourth-order valence-corrected chi connectivity index (χ4v) is 6.91. The molecule has 0 unspecified atom stereocenters. The SMILES string of the molecule is COc1ccc(C=C2SC(=S)N(CCCCCC(=O)Nc3c(Br)cc(Br)cc3Br)C2=O)cc1. The Kier molecular flexibility index (Phi) is 9.99.